The maximum absolute atomic E-state index is 2.41. The summed E-state index contributed by atoms with van der Waals surface area (Å²) in [6.07, 6.45) is 6.10. The summed E-state index contributed by atoms with van der Waals surface area (Å²) in [6.45, 7) is 6.78. The maximum Gasteiger partial charge on any atom is -0.00854 e. The van der Waals surface area contributed by atoms with E-state index in [4.69, 9.17) is 0 Å². The van der Waals surface area contributed by atoms with Crippen molar-refractivity contribution < 1.29 is 0 Å². The molecule has 1 aliphatic rings. The van der Waals surface area contributed by atoms with Crippen LogP contribution in [0.5, 0.6) is 0 Å². The van der Waals surface area contributed by atoms with Gasteiger partial charge in [-0.15, -0.1) is 0 Å². The van der Waals surface area contributed by atoms with Crippen molar-refractivity contribution in [1.29, 1.82) is 0 Å². The molecular weight excluding hydrogens is 180 g/mol. The van der Waals surface area contributed by atoms with Gasteiger partial charge in [0.2, 0.25) is 0 Å². The minimum atomic E-state index is 0.805. The molecule has 0 spiro atoms. The Morgan fingerprint density at radius 1 is 1.27 bits per heavy atom. The zero-order chi connectivity index (χ0) is 10.8. The van der Waals surface area contributed by atoms with Crippen molar-refractivity contribution >= 4 is 5.57 Å². The third kappa shape index (κ3) is 2.31. The molecule has 0 nitrogen and oxygen atoms in total. The Bertz CT molecular complexity index is 383. The summed E-state index contributed by atoms with van der Waals surface area (Å²) in [6, 6.07) is 6.84. The molecule has 0 heteroatoms. The molecule has 0 aromatic heterocycles. The van der Waals surface area contributed by atoms with Gasteiger partial charge in [0, 0.05) is 0 Å². The Morgan fingerprint density at radius 3 is 2.80 bits per heavy atom. The van der Waals surface area contributed by atoms with E-state index in [-0.39, 0.29) is 0 Å². The van der Waals surface area contributed by atoms with Crippen LogP contribution in [0.2, 0.25) is 0 Å². The predicted octanol–water partition coefficient (Wildman–Crippen LogP) is 4.37. The monoisotopic (exact) mass is 200 g/mol. The average molecular weight is 200 g/mol. The van der Waals surface area contributed by atoms with Crippen molar-refractivity contribution in [2.45, 2.75) is 40.0 Å². The first-order valence-electron chi connectivity index (χ1n) is 5.96. The highest BCUT2D eigenvalue weighted by molar-refractivity contribution is 5.73. The summed E-state index contributed by atoms with van der Waals surface area (Å²) in [5, 5.41) is 0. The van der Waals surface area contributed by atoms with Gasteiger partial charge in [-0.05, 0) is 48.8 Å². The quantitative estimate of drug-likeness (QED) is 0.679. The lowest BCUT2D eigenvalue weighted by molar-refractivity contribution is 0.599. The van der Waals surface area contributed by atoms with Crippen LogP contribution in [0.3, 0.4) is 0 Å². The van der Waals surface area contributed by atoms with Crippen molar-refractivity contribution in [3.63, 3.8) is 0 Å². The van der Waals surface area contributed by atoms with Crippen LogP contribution in [-0.4, -0.2) is 0 Å². The average Bonchev–Trinajstić information content (AvgIpc) is 2.57. The lowest BCUT2D eigenvalue weighted by Gasteiger charge is -2.08. The van der Waals surface area contributed by atoms with Gasteiger partial charge in [-0.2, -0.15) is 0 Å². The van der Waals surface area contributed by atoms with E-state index in [1.807, 2.05) is 0 Å². The molecule has 0 bridgehead atoms. The van der Waals surface area contributed by atoms with Crippen molar-refractivity contribution in [3.05, 3.63) is 41.0 Å². The predicted molar refractivity (Wildman–Crippen MR) is 66.9 cm³/mol. The molecule has 0 N–H and O–H groups in total. The largest absolute Gasteiger partial charge is 0.0763 e. The van der Waals surface area contributed by atoms with E-state index in [0.717, 1.165) is 12.3 Å². The summed E-state index contributed by atoms with van der Waals surface area (Å²) in [5.41, 5.74) is 5.98. The van der Waals surface area contributed by atoms with Gasteiger partial charge in [-0.3, -0.25) is 0 Å². The topological polar surface area (TPSA) is 0 Å². The first-order valence-corrected chi connectivity index (χ1v) is 5.96. The van der Waals surface area contributed by atoms with Gasteiger partial charge in [0.25, 0.3) is 0 Å². The SMILES string of the molecule is Cc1ccc2c(c1)C(CCC(C)C)=CC2. The van der Waals surface area contributed by atoms with Crippen LogP contribution in [0.25, 0.3) is 5.57 Å². The molecule has 2 rings (SSSR count). The smallest absolute Gasteiger partial charge is 0.00854 e. The first kappa shape index (κ1) is 10.5. The summed E-state index contributed by atoms with van der Waals surface area (Å²) in [4.78, 5) is 0. The third-order valence-electron chi connectivity index (χ3n) is 3.17. The van der Waals surface area contributed by atoms with Crippen LogP contribution in [-0.2, 0) is 6.42 Å². The fourth-order valence-electron chi connectivity index (χ4n) is 2.19. The summed E-state index contributed by atoms with van der Waals surface area (Å²) < 4.78 is 0. The molecule has 0 saturated carbocycles. The molecule has 0 fully saturated rings. The summed E-state index contributed by atoms with van der Waals surface area (Å²) in [7, 11) is 0. The van der Waals surface area contributed by atoms with Crippen molar-refractivity contribution in [1.82, 2.24) is 0 Å². The van der Waals surface area contributed by atoms with Crippen LogP contribution in [0.15, 0.2) is 24.3 Å². The molecule has 80 valence electrons. The Morgan fingerprint density at radius 2 is 2.07 bits per heavy atom. The van der Waals surface area contributed by atoms with Crippen LogP contribution in [0.4, 0.5) is 0 Å². The van der Waals surface area contributed by atoms with Crippen LogP contribution in [0.1, 0.15) is 43.4 Å². The standard InChI is InChI=1S/C15H20/c1-11(2)4-6-13-8-9-14-7-5-12(3)10-15(13)14/h5,7-8,10-11H,4,6,9H2,1-3H3. The molecule has 1 aliphatic carbocycles. The van der Waals surface area contributed by atoms with E-state index in [1.54, 1.807) is 5.57 Å². The second-order valence-electron chi connectivity index (χ2n) is 5.03. The second-order valence-corrected chi connectivity index (χ2v) is 5.03. The maximum atomic E-state index is 2.41. The molecule has 15 heavy (non-hydrogen) atoms. The fraction of sp³-hybridized carbons (Fsp3) is 0.467. The van der Waals surface area contributed by atoms with E-state index < -0.39 is 0 Å². The van der Waals surface area contributed by atoms with Gasteiger partial charge >= 0.3 is 0 Å². The Labute approximate surface area is 93.0 Å². The molecular formula is C15H20. The minimum Gasteiger partial charge on any atom is -0.0763 e. The molecule has 0 aliphatic heterocycles. The van der Waals surface area contributed by atoms with E-state index in [0.29, 0.717) is 0 Å². The summed E-state index contributed by atoms with van der Waals surface area (Å²) in [5.74, 6) is 0.805. The molecule has 0 radical (unpaired) electrons. The zero-order valence-electron chi connectivity index (χ0n) is 10.0. The number of aryl methyl sites for hydroxylation is 1. The van der Waals surface area contributed by atoms with E-state index >= 15 is 0 Å². The molecule has 0 saturated heterocycles. The molecule has 0 unspecified atom stereocenters. The number of hydrogen-bond donors (Lipinski definition) is 0. The van der Waals surface area contributed by atoms with E-state index in [9.17, 15) is 0 Å². The van der Waals surface area contributed by atoms with Gasteiger partial charge in [0.15, 0.2) is 0 Å². The van der Waals surface area contributed by atoms with Crippen LogP contribution in [0, 0.1) is 12.8 Å². The van der Waals surface area contributed by atoms with E-state index in [2.05, 4.69) is 45.0 Å². The number of benzene rings is 1. The summed E-state index contributed by atoms with van der Waals surface area (Å²) >= 11 is 0. The molecule has 0 heterocycles. The molecule has 0 amide bonds. The Kier molecular flexibility index (Phi) is 2.95. The normalized spacial score (nSPS) is 14.3. The third-order valence-corrected chi connectivity index (χ3v) is 3.17. The lowest BCUT2D eigenvalue weighted by Crippen LogP contribution is -1.90. The van der Waals surface area contributed by atoms with Crippen LogP contribution >= 0.6 is 0 Å². The minimum absolute atomic E-state index is 0.805. The van der Waals surface area contributed by atoms with Gasteiger partial charge in [0.1, 0.15) is 0 Å². The highest BCUT2D eigenvalue weighted by atomic mass is 14.2. The van der Waals surface area contributed by atoms with Gasteiger partial charge < -0.3 is 0 Å². The zero-order valence-corrected chi connectivity index (χ0v) is 10.0. The highest BCUT2D eigenvalue weighted by Gasteiger charge is 2.13. The van der Waals surface area contributed by atoms with Gasteiger partial charge in [-0.1, -0.05) is 43.7 Å². The number of fused-ring (bicyclic) bond motifs is 1. The number of hydrogen-bond acceptors (Lipinski definition) is 0. The lowest BCUT2D eigenvalue weighted by atomic mass is 9.97. The highest BCUT2D eigenvalue weighted by Crippen LogP contribution is 2.32. The van der Waals surface area contributed by atoms with Gasteiger partial charge in [0.05, 0.1) is 0 Å². The second kappa shape index (κ2) is 4.22. The van der Waals surface area contributed by atoms with E-state index in [1.165, 1.54) is 29.5 Å². The van der Waals surface area contributed by atoms with Crippen molar-refractivity contribution in [2.24, 2.45) is 5.92 Å². The van der Waals surface area contributed by atoms with Gasteiger partial charge in [-0.25, -0.2) is 0 Å². The Hall–Kier alpha value is -1.04. The van der Waals surface area contributed by atoms with Crippen molar-refractivity contribution in [3.8, 4) is 0 Å². The van der Waals surface area contributed by atoms with Crippen molar-refractivity contribution in [2.75, 3.05) is 0 Å². The number of allylic oxidation sites excluding steroid dienone is 2. The Balaban J connectivity index is 2.15. The number of rotatable bonds is 3. The van der Waals surface area contributed by atoms with Crippen LogP contribution < -0.4 is 0 Å². The fourth-order valence-corrected chi connectivity index (χ4v) is 2.19. The molecule has 1 aromatic carbocycles. The molecule has 0 atom stereocenters. The molecule has 1 aromatic rings. The first-order chi connectivity index (χ1) is 7.16.